The van der Waals surface area contributed by atoms with Gasteiger partial charge in [0.05, 0.1) is 6.61 Å². The summed E-state index contributed by atoms with van der Waals surface area (Å²) in [5.41, 5.74) is 2.22. The monoisotopic (exact) mass is 337 g/mol. The lowest BCUT2D eigenvalue weighted by molar-refractivity contribution is -0.137. The number of nitrogens with zero attached hydrogens (tertiary/aromatic N) is 1. The zero-order valence-corrected chi connectivity index (χ0v) is 14.4. The number of esters is 1. The molecule has 2 aromatic carbocycles. The first-order valence-corrected chi connectivity index (χ1v) is 8.40. The van der Waals surface area contributed by atoms with Gasteiger partial charge in [-0.25, -0.2) is 4.79 Å². The summed E-state index contributed by atoms with van der Waals surface area (Å²) in [5, 5.41) is 0. The first-order chi connectivity index (χ1) is 12.2. The van der Waals surface area contributed by atoms with Crippen molar-refractivity contribution in [3.63, 3.8) is 0 Å². The zero-order chi connectivity index (χ0) is 17.9. The number of hydrogen-bond donors (Lipinski definition) is 0. The Bertz CT molecular complexity index is 696. The Morgan fingerprint density at radius 2 is 1.52 bits per heavy atom. The van der Waals surface area contributed by atoms with E-state index in [1.165, 1.54) is 17.7 Å². The quantitative estimate of drug-likeness (QED) is 0.548. The minimum Gasteiger partial charge on any atom is -0.463 e. The summed E-state index contributed by atoms with van der Waals surface area (Å²) in [6, 6.07) is 19.8. The Hall–Kier alpha value is -2.88. The average molecular weight is 337 g/mol. The van der Waals surface area contributed by atoms with Crippen molar-refractivity contribution in [3.05, 3.63) is 83.9 Å². The van der Waals surface area contributed by atoms with Gasteiger partial charge in [-0.05, 0) is 24.5 Å². The highest BCUT2D eigenvalue weighted by Gasteiger charge is 2.12. The molecule has 0 saturated heterocycles. The maximum atomic E-state index is 12.5. The molecule has 0 aliphatic heterocycles. The van der Waals surface area contributed by atoms with Gasteiger partial charge in [-0.2, -0.15) is 0 Å². The highest BCUT2D eigenvalue weighted by atomic mass is 16.5. The molecule has 0 heterocycles. The minimum absolute atomic E-state index is 0.201. The molecule has 2 rings (SSSR count). The molecule has 0 radical (unpaired) electrons. The molecule has 0 bridgehead atoms. The Morgan fingerprint density at radius 1 is 0.920 bits per heavy atom. The van der Waals surface area contributed by atoms with Crippen LogP contribution in [0.1, 0.15) is 18.1 Å². The summed E-state index contributed by atoms with van der Waals surface area (Å²) in [7, 11) is 0. The van der Waals surface area contributed by atoms with Crippen molar-refractivity contribution in [1.82, 2.24) is 4.90 Å². The van der Waals surface area contributed by atoms with Crippen LogP contribution in [-0.2, 0) is 27.3 Å². The number of amides is 1. The van der Waals surface area contributed by atoms with E-state index in [0.717, 1.165) is 12.0 Å². The molecule has 25 heavy (non-hydrogen) atoms. The number of ether oxygens (including phenoxy) is 1. The van der Waals surface area contributed by atoms with Gasteiger partial charge in [-0.15, -0.1) is 0 Å². The fraction of sp³-hybridized carbons (Fsp3) is 0.238. The standard InChI is InChI=1S/C21H23NO3/c1-2-25-21(24)14-13-20(23)22(17-19-11-7-4-8-12-19)16-15-18-9-5-3-6-10-18/h3-14H,2,15-17H2,1H3/b14-13+. The van der Waals surface area contributed by atoms with Gasteiger partial charge in [0.2, 0.25) is 5.91 Å². The van der Waals surface area contributed by atoms with E-state index >= 15 is 0 Å². The summed E-state index contributed by atoms with van der Waals surface area (Å²) >= 11 is 0. The van der Waals surface area contributed by atoms with Crippen LogP contribution in [0.25, 0.3) is 0 Å². The molecule has 0 spiro atoms. The van der Waals surface area contributed by atoms with E-state index in [1.807, 2.05) is 60.7 Å². The lowest BCUT2D eigenvalue weighted by Crippen LogP contribution is -2.31. The Kier molecular flexibility index (Phi) is 7.44. The van der Waals surface area contributed by atoms with Crippen molar-refractivity contribution in [2.24, 2.45) is 0 Å². The summed E-state index contributed by atoms with van der Waals surface area (Å²) in [6.07, 6.45) is 3.23. The molecular formula is C21H23NO3. The molecule has 0 atom stereocenters. The largest absolute Gasteiger partial charge is 0.463 e. The van der Waals surface area contributed by atoms with Crippen LogP contribution in [0.3, 0.4) is 0 Å². The van der Waals surface area contributed by atoms with Crippen molar-refractivity contribution in [2.45, 2.75) is 19.9 Å². The predicted molar refractivity (Wildman–Crippen MR) is 97.8 cm³/mol. The Morgan fingerprint density at radius 3 is 2.12 bits per heavy atom. The van der Waals surface area contributed by atoms with E-state index in [2.05, 4.69) is 0 Å². The second-order valence-electron chi connectivity index (χ2n) is 5.57. The van der Waals surface area contributed by atoms with E-state index in [4.69, 9.17) is 4.74 Å². The van der Waals surface area contributed by atoms with Gasteiger partial charge < -0.3 is 9.64 Å². The van der Waals surface area contributed by atoms with Gasteiger partial charge in [0.1, 0.15) is 0 Å². The molecule has 0 aliphatic carbocycles. The number of hydrogen-bond acceptors (Lipinski definition) is 3. The summed E-state index contributed by atoms with van der Waals surface area (Å²) in [6.45, 7) is 3.10. The van der Waals surface area contributed by atoms with E-state index in [9.17, 15) is 9.59 Å². The highest BCUT2D eigenvalue weighted by molar-refractivity contribution is 5.94. The number of carbonyl (C=O) groups is 2. The molecule has 0 unspecified atom stereocenters. The van der Waals surface area contributed by atoms with Crippen LogP contribution in [0.4, 0.5) is 0 Å². The highest BCUT2D eigenvalue weighted by Crippen LogP contribution is 2.08. The van der Waals surface area contributed by atoms with Crippen molar-refractivity contribution in [2.75, 3.05) is 13.2 Å². The number of rotatable bonds is 8. The molecular weight excluding hydrogens is 314 g/mol. The van der Waals surface area contributed by atoms with Gasteiger partial charge in [-0.1, -0.05) is 60.7 Å². The van der Waals surface area contributed by atoms with Crippen molar-refractivity contribution >= 4 is 11.9 Å². The van der Waals surface area contributed by atoms with Crippen molar-refractivity contribution in [1.29, 1.82) is 0 Å². The molecule has 2 aromatic rings. The van der Waals surface area contributed by atoms with Crippen LogP contribution in [0.2, 0.25) is 0 Å². The fourth-order valence-electron chi connectivity index (χ4n) is 2.41. The van der Waals surface area contributed by atoms with E-state index < -0.39 is 5.97 Å². The summed E-state index contributed by atoms with van der Waals surface area (Å²) < 4.78 is 4.82. The van der Waals surface area contributed by atoms with Crippen molar-refractivity contribution in [3.8, 4) is 0 Å². The van der Waals surface area contributed by atoms with Gasteiger partial charge in [0, 0.05) is 25.2 Å². The molecule has 0 aromatic heterocycles. The first kappa shape index (κ1) is 18.5. The summed E-state index contributed by atoms with van der Waals surface area (Å²) in [5.74, 6) is -0.702. The Labute approximate surface area is 148 Å². The van der Waals surface area contributed by atoms with E-state index in [0.29, 0.717) is 19.7 Å². The molecule has 4 heteroatoms. The maximum absolute atomic E-state index is 12.5. The van der Waals surface area contributed by atoms with Gasteiger partial charge in [-0.3, -0.25) is 4.79 Å². The topological polar surface area (TPSA) is 46.6 Å². The van der Waals surface area contributed by atoms with E-state index in [1.54, 1.807) is 11.8 Å². The van der Waals surface area contributed by atoms with Gasteiger partial charge >= 0.3 is 5.97 Å². The molecule has 0 N–H and O–H groups in total. The summed E-state index contributed by atoms with van der Waals surface area (Å²) in [4.78, 5) is 25.7. The number of carbonyl (C=O) groups excluding carboxylic acids is 2. The molecule has 0 saturated carbocycles. The maximum Gasteiger partial charge on any atom is 0.330 e. The smallest absolute Gasteiger partial charge is 0.330 e. The van der Waals surface area contributed by atoms with E-state index in [-0.39, 0.29) is 5.91 Å². The van der Waals surface area contributed by atoms with Crippen LogP contribution in [0.5, 0.6) is 0 Å². The second kappa shape index (κ2) is 10.1. The van der Waals surface area contributed by atoms with Crippen LogP contribution in [0.15, 0.2) is 72.8 Å². The Balaban J connectivity index is 2.05. The molecule has 0 aliphatic rings. The normalized spacial score (nSPS) is 10.6. The average Bonchev–Trinajstić information content (AvgIpc) is 2.65. The fourth-order valence-corrected chi connectivity index (χ4v) is 2.41. The minimum atomic E-state index is -0.501. The predicted octanol–water partition coefficient (Wildman–Crippen LogP) is 3.38. The SMILES string of the molecule is CCOC(=O)/C=C/C(=O)N(CCc1ccccc1)Cc1ccccc1. The molecule has 130 valence electrons. The van der Waals surface area contributed by atoms with Crippen LogP contribution < -0.4 is 0 Å². The second-order valence-corrected chi connectivity index (χ2v) is 5.57. The molecule has 0 fully saturated rings. The van der Waals surface area contributed by atoms with Gasteiger partial charge in [0.25, 0.3) is 0 Å². The lowest BCUT2D eigenvalue weighted by atomic mass is 10.1. The van der Waals surface area contributed by atoms with Crippen molar-refractivity contribution < 1.29 is 14.3 Å². The third-order valence-corrected chi connectivity index (χ3v) is 3.69. The lowest BCUT2D eigenvalue weighted by Gasteiger charge is -2.21. The molecule has 1 amide bonds. The van der Waals surface area contributed by atoms with Crippen LogP contribution >= 0.6 is 0 Å². The van der Waals surface area contributed by atoms with Crippen LogP contribution in [-0.4, -0.2) is 29.9 Å². The third kappa shape index (κ3) is 6.63. The van der Waals surface area contributed by atoms with Gasteiger partial charge in [0.15, 0.2) is 0 Å². The third-order valence-electron chi connectivity index (χ3n) is 3.69. The zero-order valence-electron chi connectivity index (χ0n) is 14.4. The first-order valence-electron chi connectivity index (χ1n) is 8.40. The number of benzene rings is 2. The van der Waals surface area contributed by atoms with Crippen LogP contribution in [0, 0.1) is 0 Å². The molecule has 4 nitrogen and oxygen atoms in total.